The summed E-state index contributed by atoms with van der Waals surface area (Å²) in [4.78, 5) is 47.8. The number of ether oxygens (including phenoxy) is 1. The molecule has 1 atom stereocenters. The number of Topliss-reactive ketones (excluding diaryl/α,β-unsaturated/α-hetero) is 1. The molecular weight excluding hydrogens is 468 g/mol. The van der Waals surface area contributed by atoms with Crippen molar-refractivity contribution < 1.29 is 41.5 Å². The summed E-state index contributed by atoms with van der Waals surface area (Å²) in [6, 6.07) is 6.25. The number of nitrogens with one attached hydrogen (secondary N) is 2. The first-order valence-corrected chi connectivity index (χ1v) is 10.3. The Morgan fingerprint density at radius 2 is 1.88 bits per heavy atom. The summed E-state index contributed by atoms with van der Waals surface area (Å²) >= 11 is 0.893. The number of esters is 1. The lowest BCUT2D eigenvalue weighted by atomic mass is 10.1. The van der Waals surface area contributed by atoms with Crippen molar-refractivity contribution in [3.8, 4) is 0 Å². The monoisotopic (exact) mass is 484 g/mol. The number of benzene rings is 2. The molecular formula is C21H16F4N2O5S. The molecule has 2 amide bonds. The van der Waals surface area contributed by atoms with Gasteiger partial charge < -0.3 is 15.4 Å². The standard InChI is InChI=1S/C21H16F4N2O5S/c1-10(28)26-12-3-4-13(14(22)7-12)16(29)9-32-19(30)8-18-20(31)27-15-6-11(21(23,24)25)2-5-17(15)33-18/h2-7,18H,8-9H2,1H3,(H,26,28)(H,27,31). The molecule has 0 radical (unpaired) electrons. The Bertz CT molecular complexity index is 1140. The minimum Gasteiger partial charge on any atom is -0.457 e. The second-order valence-electron chi connectivity index (χ2n) is 6.97. The van der Waals surface area contributed by atoms with Crippen LogP contribution in [-0.4, -0.2) is 35.4 Å². The number of hydrogen-bond acceptors (Lipinski definition) is 6. The van der Waals surface area contributed by atoms with E-state index in [2.05, 4.69) is 10.6 Å². The fraction of sp³-hybridized carbons (Fsp3) is 0.238. The van der Waals surface area contributed by atoms with E-state index in [9.17, 15) is 36.7 Å². The van der Waals surface area contributed by atoms with Crippen LogP contribution >= 0.6 is 11.8 Å². The van der Waals surface area contributed by atoms with E-state index in [1.54, 1.807) is 0 Å². The van der Waals surface area contributed by atoms with Gasteiger partial charge in [-0.3, -0.25) is 19.2 Å². The number of ketones is 1. The highest BCUT2D eigenvalue weighted by molar-refractivity contribution is 8.01. The lowest BCUT2D eigenvalue weighted by Gasteiger charge is -2.24. The average Bonchev–Trinajstić information content (AvgIpc) is 2.71. The van der Waals surface area contributed by atoms with E-state index in [1.165, 1.54) is 19.1 Å². The number of amides is 2. The molecule has 3 rings (SSSR count). The highest BCUT2D eigenvalue weighted by Gasteiger charge is 2.34. The van der Waals surface area contributed by atoms with Gasteiger partial charge in [0.1, 0.15) is 5.82 Å². The molecule has 1 unspecified atom stereocenters. The lowest BCUT2D eigenvalue weighted by Crippen LogP contribution is -2.32. The fourth-order valence-corrected chi connectivity index (χ4v) is 3.99. The molecule has 0 spiro atoms. The highest BCUT2D eigenvalue weighted by atomic mass is 32.2. The van der Waals surface area contributed by atoms with Gasteiger partial charge in [-0.25, -0.2) is 4.39 Å². The Balaban J connectivity index is 1.57. The number of halogens is 4. The molecule has 0 aliphatic carbocycles. The Morgan fingerprint density at radius 3 is 2.52 bits per heavy atom. The van der Waals surface area contributed by atoms with Gasteiger partial charge in [0.15, 0.2) is 6.61 Å². The van der Waals surface area contributed by atoms with E-state index in [0.29, 0.717) is 4.90 Å². The van der Waals surface area contributed by atoms with E-state index in [0.717, 1.165) is 36.0 Å². The maximum atomic E-state index is 14.1. The summed E-state index contributed by atoms with van der Waals surface area (Å²) in [5.41, 5.74) is -1.14. The maximum Gasteiger partial charge on any atom is 0.416 e. The molecule has 2 N–H and O–H groups in total. The zero-order valence-electron chi connectivity index (χ0n) is 16.9. The summed E-state index contributed by atoms with van der Waals surface area (Å²) in [5, 5.41) is 3.71. The number of hydrogen-bond donors (Lipinski definition) is 2. The second-order valence-corrected chi connectivity index (χ2v) is 8.21. The van der Waals surface area contributed by atoms with Crippen LogP contribution in [0.3, 0.4) is 0 Å². The van der Waals surface area contributed by atoms with Gasteiger partial charge >= 0.3 is 12.1 Å². The number of fused-ring (bicyclic) bond motifs is 1. The molecule has 33 heavy (non-hydrogen) atoms. The van der Waals surface area contributed by atoms with Crippen LogP contribution in [0.15, 0.2) is 41.3 Å². The molecule has 1 aliphatic heterocycles. The van der Waals surface area contributed by atoms with Gasteiger partial charge in [-0.2, -0.15) is 13.2 Å². The van der Waals surface area contributed by atoms with Crippen molar-refractivity contribution in [2.75, 3.05) is 17.2 Å². The molecule has 0 saturated carbocycles. The van der Waals surface area contributed by atoms with Crippen LogP contribution in [0.2, 0.25) is 0 Å². The maximum absolute atomic E-state index is 14.1. The smallest absolute Gasteiger partial charge is 0.416 e. The van der Waals surface area contributed by atoms with Crippen molar-refractivity contribution >= 4 is 46.7 Å². The van der Waals surface area contributed by atoms with Crippen LogP contribution in [0, 0.1) is 5.82 Å². The number of carbonyl (C=O) groups excluding carboxylic acids is 4. The molecule has 0 bridgehead atoms. The van der Waals surface area contributed by atoms with Crippen LogP contribution in [0.5, 0.6) is 0 Å². The normalized spacial score (nSPS) is 15.3. The van der Waals surface area contributed by atoms with Crippen molar-refractivity contribution in [2.24, 2.45) is 0 Å². The summed E-state index contributed by atoms with van der Waals surface area (Å²) in [5.74, 6) is -3.77. The molecule has 0 fully saturated rings. The topological polar surface area (TPSA) is 102 Å². The number of anilines is 2. The molecule has 0 saturated heterocycles. The first-order valence-electron chi connectivity index (χ1n) is 9.39. The quantitative estimate of drug-likeness (QED) is 0.365. The Hall–Kier alpha value is -3.41. The van der Waals surface area contributed by atoms with Crippen molar-refractivity contribution in [1.29, 1.82) is 0 Å². The number of carbonyl (C=O) groups is 4. The molecule has 1 heterocycles. The van der Waals surface area contributed by atoms with Crippen LogP contribution in [-0.2, 0) is 25.3 Å². The van der Waals surface area contributed by atoms with Crippen LogP contribution in [0.25, 0.3) is 0 Å². The molecule has 174 valence electrons. The van der Waals surface area contributed by atoms with Crippen molar-refractivity contribution in [3.63, 3.8) is 0 Å². The highest BCUT2D eigenvalue weighted by Crippen LogP contribution is 2.40. The second kappa shape index (κ2) is 9.61. The summed E-state index contributed by atoms with van der Waals surface area (Å²) < 4.78 is 57.4. The minimum absolute atomic E-state index is 0.0159. The molecule has 0 aromatic heterocycles. The zero-order valence-corrected chi connectivity index (χ0v) is 17.7. The lowest BCUT2D eigenvalue weighted by molar-refractivity contribution is -0.143. The Kier molecular flexibility index (Phi) is 7.06. The van der Waals surface area contributed by atoms with Gasteiger partial charge in [-0.05, 0) is 36.4 Å². The predicted octanol–water partition coefficient (Wildman–Crippen LogP) is 4.03. The number of rotatable bonds is 6. The van der Waals surface area contributed by atoms with E-state index in [4.69, 9.17) is 4.74 Å². The SMILES string of the molecule is CC(=O)Nc1ccc(C(=O)COC(=O)CC2Sc3ccc(C(F)(F)F)cc3NC2=O)c(F)c1. The Morgan fingerprint density at radius 1 is 1.15 bits per heavy atom. The molecule has 1 aliphatic rings. The molecule has 7 nitrogen and oxygen atoms in total. The summed E-state index contributed by atoms with van der Waals surface area (Å²) in [6.45, 7) is 0.458. The number of alkyl halides is 3. The first kappa shape index (κ1) is 24.2. The largest absolute Gasteiger partial charge is 0.457 e. The van der Waals surface area contributed by atoms with Crippen molar-refractivity contribution in [3.05, 3.63) is 53.3 Å². The van der Waals surface area contributed by atoms with Gasteiger partial charge in [0, 0.05) is 17.5 Å². The predicted molar refractivity (Wildman–Crippen MR) is 110 cm³/mol. The summed E-state index contributed by atoms with van der Waals surface area (Å²) in [6.07, 6.45) is -5.02. The minimum atomic E-state index is -4.57. The van der Waals surface area contributed by atoms with Crippen molar-refractivity contribution in [1.82, 2.24) is 0 Å². The first-order chi connectivity index (χ1) is 15.4. The molecule has 2 aromatic carbocycles. The van der Waals surface area contributed by atoms with Gasteiger partial charge in [0.25, 0.3) is 0 Å². The third-order valence-corrected chi connectivity index (χ3v) is 5.71. The third-order valence-electron chi connectivity index (χ3n) is 4.43. The van der Waals surface area contributed by atoms with Crippen molar-refractivity contribution in [2.45, 2.75) is 29.7 Å². The van der Waals surface area contributed by atoms with Crippen LogP contribution in [0.1, 0.15) is 29.3 Å². The summed E-state index contributed by atoms with van der Waals surface area (Å²) in [7, 11) is 0. The average molecular weight is 484 g/mol. The number of thioether (sulfide) groups is 1. The van der Waals surface area contributed by atoms with Gasteiger partial charge in [0.2, 0.25) is 17.6 Å². The van der Waals surface area contributed by atoms with Crippen LogP contribution in [0.4, 0.5) is 28.9 Å². The van der Waals surface area contributed by atoms with Gasteiger partial charge in [-0.1, -0.05) is 0 Å². The molecule has 12 heteroatoms. The van der Waals surface area contributed by atoms with E-state index in [-0.39, 0.29) is 16.9 Å². The van der Waals surface area contributed by atoms with Gasteiger partial charge in [-0.15, -0.1) is 11.8 Å². The fourth-order valence-electron chi connectivity index (χ4n) is 2.92. The molecule has 2 aromatic rings. The van der Waals surface area contributed by atoms with Gasteiger partial charge in [0.05, 0.1) is 28.5 Å². The zero-order chi connectivity index (χ0) is 24.3. The van der Waals surface area contributed by atoms with Crippen LogP contribution < -0.4 is 10.6 Å². The Labute approximate surface area is 188 Å². The van der Waals surface area contributed by atoms with E-state index < -0.39 is 59.4 Å². The van der Waals surface area contributed by atoms with E-state index in [1.807, 2.05) is 0 Å². The van der Waals surface area contributed by atoms with E-state index >= 15 is 0 Å². The third kappa shape index (κ3) is 6.09.